The maximum absolute atomic E-state index is 9.79. The van der Waals surface area contributed by atoms with Crippen molar-refractivity contribution < 1.29 is 9.53 Å². The number of carbonyl (C=O) groups excluding carboxylic acids is 1. The predicted molar refractivity (Wildman–Crippen MR) is 29.3 cm³/mol. The van der Waals surface area contributed by atoms with E-state index in [-0.39, 0.29) is 0 Å². The molecule has 0 aromatic carbocycles. The van der Waals surface area contributed by atoms with Gasteiger partial charge >= 0.3 is 6.09 Å². The number of hydrogen-bond acceptors (Lipinski definition) is 2. The number of hydrogen-bond donors (Lipinski definition) is 0. The van der Waals surface area contributed by atoms with Crippen molar-refractivity contribution in [3.05, 3.63) is 0 Å². The Hall–Kier alpha value is -0.730. The van der Waals surface area contributed by atoms with Crippen molar-refractivity contribution in [2.45, 2.75) is 13.8 Å². The second kappa shape index (κ2) is 3.29. The first-order valence-corrected chi connectivity index (χ1v) is 2.51. The average Bonchev–Trinajstić information content (AvgIpc) is 1.61. The summed E-state index contributed by atoms with van der Waals surface area (Å²) in [6.45, 7) is 4.19. The second-order valence-corrected chi connectivity index (χ2v) is 1.99. The van der Waals surface area contributed by atoms with Gasteiger partial charge in [0.1, 0.15) is 0 Å². The van der Waals surface area contributed by atoms with Crippen molar-refractivity contribution in [2.24, 2.45) is 5.92 Å². The Labute approximate surface area is 48.8 Å². The lowest BCUT2D eigenvalue weighted by atomic mass is 10.2. The maximum Gasteiger partial charge on any atom is 0.426 e. The van der Waals surface area contributed by atoms with Crippen LogP contribution >= 0.6 is 0 Å². The summed E-state index contributed by atoms with van der Waals surface area (Å²) in [6.07, 6.45) is -0.946. The van der Waals surface area contributed by atoms with Gasteiger partial charge in [0.15, 0.2) is 0 Å². The van der Waals surface area contributed by atoms with E-state index in [1.54, 1.807) is 0 Å². The fourth-order valence-electron chi connectivity index (χ4n) is 0.242. The van der Waals surface area contributed by atoms with Gasteiger partial charge in [-0.05, 0) is 5.92 Å². The van der Waals surface area contributed by atoms with Crippen molar-refractivity contribution in [3.63, 3.8) is 0 Å². The lowest BCUT2D eigenvalue weighted by molar-refractivity contribution is 0.141. The summed E-state index contributed by atoms with van der Waals surface area (Å²) in [6, 6.07) is 0. The Morgan fingerprint density at radius 3 is 2.38 bits per heavy atom. The van der Waals surface area contributed by atoms with Crippen LogP contribution in [-0.4, -0.2) is 12.7 Å². The van der Waals surface area contributed by atoms with Crippen molar-refractivity contribution in [2.75, 3.05) is 6.61 Å². The molecule has 8 heavy (non-hydrogen) atoms. The molecule has 0 bridgehead atoms. The highest BCUT2D eigenvalue weighted by molar-refractivity contribution is 5.63. The van der Waals surface area contributed by atoms with Gasteiger partial charge in [-0.2, -0.15) is 0 Å². The van der Waals surface area contributed by atoms with E-state index < -0.39 is 6.09 Å². The molecular formula is C5H10NO2. The van der Waals surface area contributed by atoms with E-state index in [0.29, 0.717) is 12.5 Å². The molecule has 0 aromatic heterocycles. The third-order valence-electron chi connectivity index (χ3n) is 0.548. The summed E-state index contributed by atoms with van der Waals surface area (Å²) in [5.41, 5.74) is 6.31. The Morgan fingerprint density at radius 1 is 1.75 bits per heavy atom. The summed E-state index contributed by atoms with van der Waals surface area (Å²) in [5.74, 6) is 0.323. The van der Waals surface area contributed by atoms with Crippen molar-refractivity contribution in [1.29, 1.82) is 0 Å². The van der Waals surface area contributed by atoms with Crippen LogP contribution in [0, 0.1) is 5.92 Å². The largest absolute Gasteiger partial charge is 0.448 e. The van der Waals surface area contributed by atoms with Crippen LogP contribution in [-0.2, 0) is 4.74 Å². The van der Waals surface area contributed by atoms with Crippen LogP contribution in [0.4, 0.5) is 4.79 Å². The minimum absolute atomic E-state index is 0.323. The number of amides is 1. The number of nitrogens with one attached hydrogen (secondary N) is 1. The van der Waals surface area contributed by atoms with Gasteiger partial charge in [-0.15, -0.1) is 0 Å². The Kier molecular flexibility index (Phi) is 2.99. The van der Waals surface area contributed by atoms with E-state index in [9.17, 15) is 4.79 Å². The summed E-state index contributed by atoms with van der Waals surface area (Å²) < 4.78 is 4.33. The number of rotatable bonds is 2. The van der Waals surface area contributed by atoms with Gasteiger partial charge in [0, 0.05) is 0 Å². The van der Waals surface area contributed by atoms with E-state index >= 15 is 0 Å². The molecule has 0 aliphatic heterocycles. The second-order valence-electron chi connectivity index (χ2n) is 1.99. The van der Waals surface area contributed by atoms with Gasteiger partial charge in [0.05, 0.1) is 6.61 Å². The van der Waals surface area contributed by atoms with Crippen LogP contribution in [0.5, 0.6) is 0 Å². The molecule has 0 heterocycles. The normalized spacial score (nSPS) is 9.38. The molecule has 3 heteroatoms. The lowest BCUT2D eigenvalue weighted by Gasteiger charge is -2.01. The number of carbonyl (C=O) groups is 1. The minimum Gasteiger partial charge on any atom is -0.448 e. The van der Waals surface area contributed by atoms with E-state index in [2.05, 4.69) is 4.74 Å². The lowest BCUT2D eigenvalue weighted by Crippen LogP contribution is -2.07. The van der Waals surface area contributed by atoms with E-state index in [1.165, 1.54) is 0 Å². The summed E-state index contributed by atoms with van der Waals surface area (Å²) >= 11 is 0. The van der Waals surface area contributed by atoms with Crippen LogP contribution in [0.1, 0.15) is 13.8 Å². The zero-order valence-corrected chi connectivity index (χ0v) is 5.10. The van der Waals surface area contributed by atoms with E-state index in [0.717, 1.165) is 0 Å². The molecule has 0 spiro atoms. The summed E-state index contributed by atoms with van der Waals surface area (Å²) in [7, 11) is 0. The zero-order chi connectivity index (χ0) is 6.57. The molecule has 0 aliphatic carbocycles. The van der Waals surface area contributed by atoms with Crippen LogP contribution < -0.4 is 5.73 Å². The van der Waals surface area contributed by atoms with Gasteiger partial charge in [-0.3, -0.25) is 0 Å². The smallest absolute Gasteiger partial charge is 0.426 e. The van der Waals surface area contributed by atoms with Crippen LogP contribution in [0.15, 0.2) is 0 Å². The molecule has 1 amide bonds. The van der Waals surface area contributed by atoms with Crippen LogP contribution in [0.3, 0.4) is 0 Å². The molecule has 0 unspecified atom stereocenters. The van der Waals surface area contributed by atoms with Crippen molar-refractivity contribution in [3.8, 4) is 0 Å². The summed E-state index contributed by atoms with van der Waals surface area (Å²) in [5, 5.41) is 0. The number of ether oxygens (including phenoxy) is 1. The predicted octanol–water partition coefficient (Wildman–Crippen LogP) is 1.06. The first-order valence-electron chi connectivity index (χ1n) is 2.51. The molecule has 0 saturated heterocycles. The first-order chi connectivity index (χ1) is 3.63. The molecule has 47 valence electrons. The molecule has 0 aromatic rings. The van der Waals surface area contributed by atoms with E-state index in [1.807, 2.05) is 13.8 Å². The minimum atomic E-state index is -0.946. The Balaban J connectivity index is 3.05. The fourth-order valence-corrected chi connectivity index (χ4v) is 0.242. The highest BCUT2D eigenvalue weighted by atomic mass is 16.5. The fraction of sp³-hybridized carbons (Fsp3) is 0.800. The molecule has 1 radical (unpaired) electrons. The Morgan fingerprint density at radius 2 is 2.25 bits per heavy atom. The third-order valence-corrected chi connectivity index (χ3v) is 0.548. The quantitative estimate of drug-likeness (QED) is 0.541. The van der Waals surface area contributed by atoms with Crippen molar-refractivity contribution >= 4 is 6.09 Å². The van der Waals surface area contributed by atoms with Crippen LogP contribution in [0.25, 0.3) is 0 Å². The average molecular weight is 116 g/mol. The molecule has 1 N–H and O–H groups in total. The molecule has 0 rings (SSSR count). The van der Waals surface area contributed by atoms with Gasteiger partial charge in [-0.1, -0.05) is 13.8 Å². The van der Waals surface area contributed by atoms with Crippen molar-refractivity contribution in [1.82, 2.24) is 5.73 Å². The highest BCUT2D eigenvalue weighted by Crippen LogP contribution is 1.90. The molecule has 0 saturated carbocycles. The molecule has 0 aliphatic rings. The van der Waals surface area contributed by atoms with Crippen LogP contribution in [0.2, 0.25) is 0 Å². The van der Waals surface area contributed by atoms with E-state index in [4.69, 9.17) is 5.73 Å². The SMILES string of the molecule is CC(C)COC([NH])=O. The van der Waals surface area contributed by atoms with Gasteiger partial charge in [-0.25, -0.2) is 10.5 Å². The highest BCUT2D eigenvalue weighted by Gasteiger charge is 1.96. The van der Waals surface area contributed by atoms with Gasteiger partial charge in [0.2, 0.25) is 0 Å². The standard InChI is InChI=1S/C5H10NO2/c1-4(2)3-8-5(6)7/h4,6H,3H2,1-2H3. The van der Waals surface area contributed by atoms with Gasteiger partial charge < -0.3 is 4.74 Å². The topological polar surface area (TPSA) is 50.1 Å². The monoisotopic (exact) mass is 116 g/mol. The van der Waals surface area contributed by atoms with Gasteiger partial charge in [0.25, 0.3) is 0 Å². The molecule has 3 nitrogen and oxygen atoms in total. The molecular weight excluding hydrogens is 106 g/mol. The first kappa shape index (κ1) is 7.27. The third kappa shape index (κ3) is 5.27. The molecule has 0 atom stereocenters. The zero-order valence-electron chi connectivity index (χ0n) is 5.10. The summed E-state index contributed by atoms with van der Waals surface area (Å²) in [4.78, 5) is 9.79. The molecule has 0 fully saturated rings. The maximum atomic E-state index is 9.79. The Bertz CT molecular complexity index is 80.5.